The molecule has 6 rings (SSSR count). The largest absolute Gasteiger partial charge is 0.453 e. The topological polar surface area (TPSA) is 26.0 Å². The molecule has 3 heterocycles. The van der Waals surface area contributed by atoms with E-state index >= 15 is 0 Å². The molecule has 3 aromatic carbocycles. The van der Waals surface area contributed by atoms with Crippen LogP contribution in [0.15, 0.2) is 76.7 Å². The molecule has 34 heavy (non-hydrogen) atoms. The minimum atomic E-state index is 0.0143. The number of rotatable bonds is 2. The van der Waals surface area contributed by atoms with Crippen LogP contribution in [0.4, 0.5) is 0 Å². The van der Waals surface area contributed by atoms with Gasteiger partial charge in [0.2, 0.25) is 0 Å². The Morgan fingerprint density at radius 3 is 2.47 bits per heavy atom. The summed E-state index contributed by atoms with van der Waals surface area (Å²) in [6.45, 7) is 11.1. The van der Waals surface area contributed by atoms with Crippen LogP contribution in [-0.4, -0.2) is 4.98 Å². The highest BCUT2D eigenvalue weighted by atomic mass is 32.1. The Morgan fingerprint density at radius 1 is 0.853 bits per heavy atom. The van der Waals surface area contributed by atoms with Crippen LogP contribution in [0.3, 0.4) is 0 Å². The summed E-state index contributed by atoms with van der Waals surface area (Å²) in [5, 5.41) is 7.16. The third-order valence-electron chi connectivity index (χ3n) is 6.83. The Hall–Kier alpha value is -3.43. The average Bonchev–Trinajstić information content (AvgIpc) is 3.37. The minimum absolute atomic E-state index is 0.0143. The van der Waals surface area contributed by atoms with Gasteiger partial charge in [-0.05, 0) is 76.2 Å². The zero-order chi connectivity index (χ0) is 23.6. The van der Waals surface area contributed by atoms with Crippen molar-refractivity contribution in [3.8, 4) is 22.6 Å². The predicted octanol–water partition coefficient (Wildman–Crippen LogP) is 9.44. The molecule has 0 aliphatic carbocycles. The Kier molecular flexibility index (Phi) is 4.69. The molecule has 0 saturated heterocycles. The molecule has 6 aromatic rings. The van der Waals surface area contributed by atoms with E-state index in [2.05, 4.69) is 101 Å². The van der Waals surface area contributed by atoms with E-state index in [1.807, 2.05) is 6.20 Å². The van der Waals surface area contributed by atoms with Crippen LogP contribution in [0.2, 0.25) is 0 Å². The summed E-state index contributed by atoms with van der Waals surface area (Å²) in [5.74, 6) is 0.938. The molecule has 0 fully saturated rings. The van der Waals surface area contributed by atoms with Crippen molar-refractivity contribution in [1.82, 2.24) is 4.98 Å². The Bertz CT molecular complexity index is 1710. The molecule has 3 aromatic heterocycles. The van der Waals surface area contributed by atoms with Gasteiger partial charge in [-0.1, -0.05) is 57.2 Å². The fourth-order valence-corrected chi connectivity index (χ4v) is 6.11. The first-order valence-corrected chi connectivity index (χ1v) is 12.6. The fraction of sp³-hybridized carbons (Fsp3) is 0.194. The Balaban J connectivity index is 1.63. The Morgan fingerprint density at radius 2 is 1.65 bits per heavy atom. The molecule has 3 heteroatoms. The highest BCUT2D eigenvalue weighted by Gasteiger charge is 2.22. The van der Waals surface area contributed by atoms with Crippen molar-refractivity contribution in [2.75, 3.05) is 0 Å². The third-order valence-corrected chi connectivity index (χ3v) is 7.98. The van der Waals surface area contributed by atoms with Crippen LogP contribution < -0.4 is 0 Å². The van der Waals surface area contributed by atoms with Gasteiger partial charge in [-0.25, -0.2) is 0 Å². The third kappa shape index (κ3) is 3.19. The van der Waals surface area contributed by atoms with Gasteiger partial charge in [-0.2, -0.15) is 0 Å². The second-order valence-electron chi connectivity index (χ2n) is 10.2. The number of hydrogen-bond acceptors (Lipinski definition) is 3. The molecular formula is C31H27NOS. The lowest BCUT2D eigenvalue weighted by Crippen LogP contribution is -2.12. The first-order valence-electron chi connectivity index (χ1n) is 11.7. The monoisotopic (exact) mass is 461 g/mol. The zero-order valence-corrected chi connectivity index (χ0v) is 21.0. The highest BCUT2D eigenvalue weighted by molar-refractivity contribution is 7.18. The van der Waals surface area contributed by atoms with Gasteiger partial charge in [-0.3, -0.25) is 4.98 Å². The molecule has 2 nitrogen and oxygen atoms in total. The lowest BCUT2D eigenvalue weighted by molar-refractivity contribution is 0.596. The van der Waals surface area contributed by atoms with Crippen molar-refractivity contribution in [2.45, 2.75) is 40.0 Å². The van der Waals surface area contributed by atoms with E-state index in [0.29, 0.717) is 0 Å². The second kappa shape index (κ2) is 7.54. The van der Waals surface area contributed by atoms with Gasteiger partial charge in [0, 0.05) is 33.0 Å². The lowest BCUT2D eigenvalue weighted by Gasteiger charge is -2.22. The van der Waals surface area contributed by atoms with Gasteiger partial charge in [-0.15, -0.1) is 11.3 Å². The fourth-order valence-electron chi connectivity index (χ4n) is 5.04. The molecule has 168 valence electrons. The van der Waals surface area contributed by atoms with Crippen LogP contribution in [0, 0.1) is 13.8 Å². The van der Waals surface area contributed by atoms with Crippen LogP contribution in [0.25, 0.3) is 54.4 Å². The zero-order valence-electron chi connectivity index (χ0n) is 20.2. The number of furan rings is 1. The number of thiophene rings is 1. The maximum atomic E-state index is 6.67. The van der Waals surface area contributed by atoms with E-state index in [1.54, 1.807) is 11.3 Å². The predicted molar refractivity (Wildman–Crippen MR) is 146 cm³/mol. The van der Waals surface area contributed by atoms with Crippen molar-refractivity contribution in [1.29, 1.82) is 0 Å². The lowest BCUT2D eigenvalue weighted by atomic mass is 9.82. The van der Waals surface area contributed by atoms with Gasteiger partial charge in [0.25, 0.3) is 0 Å². The van der Waals surface area contributed by atoms with E-state index in [9.17, 15) is 0 Å². The van der Waals surface area contributed by atoms with E-state index < -0.39 is 0 Å². The molecule has 0 saturated carbocycles. The summed E-state index contributed by atoms with van der Waals surface area (Å²) < 4.78 is 7.94. The van der Waals surface area contributed by atoms with Crippen molar-refractivity contribution in [3.05, 3.63) is 88.9 Å². The first kappa shape index (κ1) is 21.1. The van der Waals surface area contributed by atoms with Crippen LogP contribution in [-0.2, 0) is 5.41 Å². The number of pyridine rings is 1. The van der Waals surface area contributed by atoms with Crippen LogP contribution >= 0.6 is 11.3 Å². The average molecular weight is 462 g/mol. The molecule has 0 aliphatic rings. The minimum Gasteiger partial charge on any atom is -0.453 e. The molecule has 0 spiro atoms. The van der Waals surface area contributed by atoms with Crippen LogP contribution in [0.5, 0.6) is 0 Å². The van der Waals surface area contributed by atoms with Gasteiger partial charge < -0.3 is 4.42 Å². The molecule has 0 atom stereocenters. The van der Waals surface area contributed by atoms with E-state index in [1.165, 1.54) is 32.0 Å². The molecular weight excluding hydrogens is 434 g/mol. The first-order chi connectivity index (χ1) is 16.3. The van der Waals surface area contributed by atoms with Gasteiger partial charge in [0.05, 0.1) is 0 Å². The van der Waals surface area contributed by atoms with Crippen LogP contribution in [0.1, 0.15) is 37.5 Å². The number of nitrogens with zero attached hydrogens (tertiary/aromatic N) is 1. The SMILES string of the molecule is Cc1c(-c2cccc3c(C)csc23)oc2c(-c3cc(C(C)(C)C)c4ccccc4c3)nccc12. The highest BCUT2D eigenvalue weighted by Crippen LogP contribution is 2.43. The van der Waals surface area contributed by atoms with Gasteiger partial charge in [0.1, 0.15) is 11.5 Å². The summed E-state index contributed by atoms with van der Waals surface area (Å²) in [7, 11) is 0. The number of aryl methyl sites for hydroxylation is 2. The maximum Gasteiger partial charge on any atom is 0.161 e. The number of benzene rings is 3. The van der Waals surface area contributed by atoms with Gasteiger partial charge in [0.15, 0.2) is 5.58 Å². The quantitative estimate of drug-likeness (QED) is 0.257. The summed E-state index contributed by atoms with van der Waals surface area (Å²) in [4.78, 5) is 4.83. The smallest absolute Gasteiger partial charge is 0.161 e. The summed E-state index contributed by atoms with van der Waals surface area (Å²) in [6.07, 6.45) is 1.91. The molecule has 0 unspecified atom stereocenters. The summed E-state index contributed by atoms with van der Waals surface area (Å²) in [6, 6.07) is 21.7. The van der Waals surface area contributed by atoms with Gasteiger partial charge >= 0.3 is 0 Å². The molecule has 0 amide bonds. The maximum absolute atomic E-state index is 6.67. The standard InChI is InChI=1S/C31H27NOS/c1-18-17-34-30-22(18)11-8-12-25(30)28-19(2)23-13-14-32-27(29(23)33-28)21-15-20-9-6-7-10-24(20)26(16-21)31(3,4)5/h6-17H,1-5H3. The normalized spacial score (nSPS) is 12.3. The second-order valence-corrected chi connectivity index (χ2v) is 11.1. The van der Waals surface area contributed by atoms with Crippen molar-refractivity contribution >= 4 is 43.2 Å². The number of aromatic nitrogens is 1. The number of fused-ring (bicyclic) bond motifs is 3. The number of hydrogen-bond donors (Lipinski definition) is 0. The van der Waals surface area contributed by atoms with Crippen molar-refractivity contribution < 1.29 is 4.42 Å². The van der Waals surface area contributed by atoms with Crippen molar-refractivity contribution in [2.24, 2.45) is 0 Å². The molecule has 0 N–H and O–H groups in total. The Labute approximate surface area is 203 Å². The summed E-state index contributed by atoms with van der Waals surface area (Å²) in [5.41, 5.74) is 7.82. The molecule has 0 bridgehead atoms. The molecule has 0 radical (unpaired) electrons. The van der Waals surface area contributed by atoms with E-state index in [0.717, 1.165) is 39.1 Å². The molecule has 0 aliphatic heterocycles. The van der Waals surface area contributed by atoms with Crippen molar-refractivity contribution in [3.63, 3.8) is 0 Å². The van der Waals surface area contributed by atoms with E-state index in [4.69, 9.17) is 9.40 Å². The summed E-state index contributed by atoms with van der Waals surface area (Å²) >= 11 is 1.79. The van der Waals surface area contributed by atoms with E-state index in [-0.39, 0.29) is 5.41 Å².